The molecule has 0 fully saturated rings. The van der Waals surface area contributed by atoms with Crippen molar-refractivity contribution in [1.82, 2.24) is 5.32 Å². The molecule has 0 aliphatic carbocycles. The Morgan fingerprint density at radius 3 is 2.50 bits per heavy atom. The van der Waals surface area contributed by atoms with Crippen LogP contribution in [0.1, 0.15) is 38.7 Å². The van der Waals surface area contributed by atoms with Crippen molar-refractivity contribution in [3.8, 4) is 0 Å². The Morgan fingerprint density at radius 1 is 1.28 bits per heavy atom. The summed E-state index contributed by atoms with van der Waals surface area (Å²) in [6.07, 6.45) is 3.39. The molecule has 102 valence electrons. The molecule has 1 nitrogen and oxygen atoms in total. The van der Waals surface area contributed by atoms with Crippen molar-refractivity contribution in [1.29, 1.82) is 0 Å². The fourth-order valence-electron chi connectivity index (χ4n) is 1.86. The normalized spacial score (nSPS) is 13.6. The molecule has 1 unspecified atom stereocenters. The zero-order valence-corrected chi connectivity index (χ0v) is 14.2. The van der Waals surface area contributed by atoms with Crippen LogP contribution in [0.25, 0.3) is 0 Å². The van der Waals surface area contributed by atoms with E-state index in [9.17, 15) is 0 Å². The maximum atomic E-state index is 3.67. The van der Waals surface area contributed by atoms with Crippen LogP contribution in [0.3, 0.4) is 0 Å². The first kappa shape index (κ1) is 16.1. The van der Waals surface area contributed by atoms with Gasteiger partial charge in [-0.25, -0.2) is 0 Å². The van der Waals surface area contributed by atoms with Gasteiger partial charge in [0.15, 0.2) is 0 Å². The largest absolute Gasteiger partial charge is 0.311 e. The number of halogens is 1. The Labute approximate surface area is 124 Å². The van der Waals surface area contributed by atoms with Gasteiger partial charge >= 0.3 is 0 Å². The minimum Gasteiger partial charge on any atom is -0.311 e. The van der Waals surface area contributed by atoms with Crippen molar-refractivity contribution in [3.05, 3.63) is 34.3 Å². The van der Waals surface area contributed by atoms with Gasteiger partial charge in [-0.1, -0.05) is 34.1 Å². The van der Waals surface area contributed by atoms with Crippen LogP contribution < -0.4 is 5.32 Å². The molecule has 1 aromatic rings. The lowest BCUT2D eigenvalue weighted by atomic mass is 9.95. The van der Waals surface area contributed by atoms with Gasteiger partial charge in [0.2, 0.25) is 0 Å². The van der Waals surface area contributed by atoms with Crippen molar-refractivity contribution in [2.24, 2.45) is 0 Å². The van der Waals surface area contributed by atoms with Crippen LogP contribution in [0.2, 0.25) is 0 Å². The zero-order valence-electron chi connectivity index (χ0n) is 11.8. The third kappa shape index (κ3) is 5.77. The molecule has 0 spiro atoms. The molecule has 1 rings (SSSR count). The number of benzene rings is 1. The predicted molar refractivity (Wildman–Crippen MR) is 87.6 cm³/mol. The fraction of sp³-hybridized carbons (Fsp3) is 0.600. The average Bonchev–Trinajstić information content (AvgIpc) is 2.29. The second-order valence-corrected chi connectivity index (χ2v) is 7.47. The quantitative estimate of drug-likeness (QED) is 0.813. The molecule has 1 atom stereocenters. The minimum absolute atomic E-state index is 0.179. The maximum Gasteiger partial charge on any atom is 0.0210 e. The second-order valence-electron chi connectivity index (χ2n) is 5.63. The summed E-state index contributed by atoms with van der Waals surface area (Å²) in [4.78, 5) is 0. The van der Waals surface area contributed by atoms with E-state index in [1.807, 2.05) is 11.8 Å². The summed E-state index contributed by atoms with van der Waals surface area (Å²) in [7, 11) is 0. The molecular weight excluding hydrogens is 306 g/mol. The molecule has 0 saturated carbocycles. The Kier molecular flexibility index (Phi) is 6.75. The van der Waals surface area contributed by atoms with E-state index >= 15 is 0 Å². The first-order chi connectivity index (χ1) is 8.44. The van der Waals surface area contributed by atoms with Gasteiger partial charge in [-0.2, -0.15) is 11.8 Å². The van der Waals surface area contributed by atoms with Crippen molar-refractivity contribution < 1.29 is 0 Å². The molecule has 0 saturated heterocycles. The molecule has 0 aliphatic rings. The average molecular weight is 330 g/mol. The van der Waals surface area contributed by atoms with E-state index in [1.54, 1.807) is 0 Å². The summed E-state index contributed by atoms with van der Waals surface area (Å²) >= 11 is 5.60. The molecule has 0 heterocycles. The summed E-state index contributed by atoms with van der Waals surface area (Å²) in [5.74, 6) is 1.78. The number of nitrogens with one attached hydrogen (secondary N) is 1. The Bertz CT molecular complexity index is 360. The van der Waals surface area contributed by atoms with E-state index in [-0.39, 0.29) is 5.54 Å². The monoisotopic (exact) mass is 329 g/mol. The molecule has 1 aromatic carbocycles. The van der Waals surface area contributed by atoms with E-state index in [1.165, 1.54) is 22.2 Å². The topological polar surface area (TPSA) is 12.0 Å². The molecule has 18 heavy (non-hydrogen) atoms. The molecule has 1 N–H and O–H groups in total. The maximum absolute atomic E-state index is 3.67. The van der Waals surface area contributed by atoms with Crippen LogP contribution in [0, 0.1) is 0 Å². The SMILES string of the molecule is CSCCC(CNC(C)(C)C)c1ccccc1Br. The number of hydrogen-bond acceptors (Lipinski definition) is 2. The fourth-order valence-corrected chi connectivity index (χ4v) is 2.99. The van der Waals surface area contributed by atoms with Crippen LogP contribution >= 0.6 is 27.7 Å². The van der Waals surface area contributed by atoms with Gasteiger partial charge in [0.25, 0.3) is 0 Å². The van der Waals surface area contributed by atoms with E-state index < -0.39 is 0 Å². The molecule has 0 amide bonds. The number of rotatable bonds is 6. The van der Waals surface area contributed by atoms with E-state index in [0.717, 1.165) is 6.54 Å². The zero-order chi connectivity index (χ0) is 13.6. The standard InChI is InChI=1S/C15H24BrNS/c1-15(2,3)17-11-12(9-10-18-4)13-7-5-6-8-14(13)16/h5-8,12,17H,9-11H2,1-4H3. The summed E-state index contributed by atoms with van der Waals surface area (Å²) in [5.41, 5.74) is 1.60. The van der Waals surface area contributed by atoms with Gasteiger partial charge in [0, 0.05) is 16.6 Å². The van der Waals surface area contributed by atoms with Gasteiger partial charge in [0.05, 0.1) is 0 Å². The lowest BCUT2D eigenvalue weighted by Crippen LogP contribution is -2.38. The Balaban J connectivity index is 2.75. The van der Waals surface area contributed by atoms with Crippen LogP contribution in [0.15, 0.2) is 28.7 Å². The summed E-state index contributed by atoms with van der Waals surface area (Å²) < 4.78 is 1.23. The Morgan fingerprint density at radius 2 is 1.94 bits per heavy atom. The summed E-state index contributed by atoms with van der Waals surface area (Å²) in [6, 6.07) is 8.58. The van der Waals surface area contributed by atoms with Crippen molar-refractivity contribution in [3.63, 3.8) is 0 Å². The highest BCUT2D eigenvalue weighted by Crippen LogP contribution is 2.28. The molecule has 0 bridgehead atoms. The van der Waals surface area contributed by atoms with Crippen molar-refractivity contribution in [2.45, 2.75) is 38.6 Å². The van der Waals surface area contributed by atoms with Gasteiger partial charge in [-0.3, -0.25) is 0 Å². The van der Waals surface area contributed by atoms with Gasteiger partial charge in [-0.15, -0.1) is 0 Å². The van der Waals surface area contributed by atoms with Crippen molar-refractivity contribution in [2.75, 3.05) is 18.6 Å². The van der Waals surface area contributed by atoms with Crippen LogP contribution in [-0.4, -0.2) is 24.1 Å². The van der Waals surface area contributed by atoms with Gasteiger partial charge in [-0.05, 0) is 56.7 Å². The molecule has 3 heteroatoms. The minimum atomic E-state index is 0.179. The van der Waals surface area contributed by atoms with Crippen LogP contribution in [-0.2, 0) is 0 Å². The molecule has 0 aliphatic heterocycles. The predicted octanol–water partition coefficient (Wildman–Crippen LogP) is 4.67. The van der Waals surface area contributed by atoms with Gasteiger partial charge in [0.1, 0.15) is 0 Å². The molecule has 0 radical (unpaired) electrons. The van der Waals surface area contributed by atoms with E-state index in [4.69, 9.17) is 0 Å². The first-order valence-corrected chi connectivity index (χ1v) is 8.61. The third-order valence-electron chi connectivity index (χ3n) is 2.89. The van der Waals surface area contributed by atoms with Crippen molar-refractivity contribution >= 4 is 27.7 Å². The second kappa shape index (κ2) is 7.56. The molecular formula is C15H24BrNS. The summed E-state index contributed by atoms with van der Waals surface area (Å²) in [5, 5.41) is 3.63. The van der Waals surface area contributed by atoms with E-state index in [0.29, 0.717) is 5.92 Å². The summed E-state index contributed by atoms with van der Waals surface area (Å²) in [6.45, 7) is 7.70. The van der Waals surface area contributed by atoms with Crippen LogP contribution in [0.5, 0.6) is 0 Å². The highest BCUT2D eigenvalue weighted by molar-refractivity contribution is 9.10. The van der Waals surface area contributed by atoms with E-state index in [2.05, 4.69) is 72.5 Å². The lowest BCUT2D eigenvalue weighted by Gasteiger charge is -2.26. The van der Waals surface area contributed by atoms with Crippen LogP contribution in [0.4, 0.5) is 0 Å². The number of thioether (sulfide) groups is 1. The third-order valence-corrected chi connectivity index (χ3v) is 4.26. The lowest BCUT2D eigenvalue weighted by molar-refractivity contribution is 0.403. The Hall–Kier alpha value is 0.01000. The highest BCUT2D eigenvalue weighted by atomic mass is 79.9. The smallest absolute Gasteiger partial charge is 0.0210 e. The van der Waals surface area contributed by atoms with Gasteiger partial charge < -0.3 is 5.32 Å². The first-order valence-electron chi connectivity index (χ1n) is 6.42. The molecule has 0 aromatic heterocycles. The highest BCUT2D eigenvalue weighted by Gasteiger charge is 2.17. The number of hydrogen-bond donors (Lipinski definition) is 1.